The molecule has 0 aliphatic carbocycles. The second kappa shape index (κ2) is 65.3. The van der Waals surface area contributed by atoms with E-state index in [0.29, 0.717) is 19.4 Å². The van der Waals surface area contributed by atoms with Crippen LogP contribution in [0.2, 0.25) is 0 Å². The topological polar surface area (TPSA) is 95.9 Å². The van der Waals surface area contributed by atoms with Gasteiger partial charge in [0.1, 0.15) is 0 Å². The smallest absolute Gasteiger partial charge is 0.305 e. The summed E-state index contributed by atoms with van der Waals surface area (Å²) in [5.74, 6) is -0.0850. The molecule has 6 heteroatoms. The molecule has 1 amide bonds. The molecule has 0 aromatic rings. The lowest BCUT2D eigenvalue weighted by Gasteiger charge is -2.20. The van der Waals surface area contributed by atoms with E-state index in [0.717, 1.165) is 70.6 Å². The summed E-state index contributed by atoms with van der Waals surface area (Å²) in [7, 11) is 0. The van der Waals surface area contributed by atoms with Crippen LogP contribution in [0.15, 0.2) is 48.6 Å². The van der Waals surface area contributed by atoms with Crippen LogP contribution in [0.25, 0.3) is 0 Å². The summed E-state index contributed by atoms with van der Waals surface area (Å²) in [5, 5.41) is 23.2. The fourth-order valence-electron chi connectivity index (χ4n) is 10.4. The summed E-state index contributed by atoms with van der Waals surface area (Å²) in [6, 6.07) is -0.641. The molecule has 0 fully saturated rings. The van der Waals surface area contributed by atoms with Crippen LogP contribution in [0.4, 0.5) is 0 Å². The summed E-state index contributed by atoms with van der Waals surface area (Å²) < 4.78 is 5.49. The van der Waals surface area contributed by atoms with Gasteiger partial charge < -0.3 is 20.3 Å². The molecule has 0 saturated carbocycles. The minimum absolute atomic E-state index is 0.00534. The highest BCUT2D eigenvalue weighted by Crippen LogP contribution is 2.18. The van der Waals surface area contributed by atoms with Gasteiger partial charge in [-0.1, -0.05) is 306 Å². The van der Waals surface area contributed by atoms with E-state index in [9.17, 15) is 19.8 Å². The van der Waals surface area contributed by atoms with Gasteiger partial charge in [0, 0.05) is 12.8 Å². The van der Waals surface area contributed by atoms with Crippen molar-refractivity contribution in [3.63, 3.8) is 0 Å². The Balaban J connectivity index is 3.48. The van der Waals surface area contributed by atoms with Crippen LogP contribution in [0, 0.1) is 0 Å². The number of carbonyl (C=O) groups excluding carboxylic acids is 2. The van der Waals surface area contributed by atoms with Crippen LogP contribution >= 0.6 is 0 Å². The Morgan fingerprint density at radius 2 is 0.658 bits per heavy atom. The Bertz CT molecular complexity index is 1270. The molecule has 3 N–H and O–H groups in total. The molecule has 0 aliphatic heterocycles. The fourth-order valence-corrected chi connectivity index (χ4v) is 10.4. The van der Waals surface area contributed by atoms with Gasteiger partial charge in [-0.25, -0.2) is 0 Å². The van der Waals surface area contributed by atoms with Crippen LogP contribution in [0.3, 0.4) is 0 Å². The van der Waals surface area contributed by atoms with Crippen molar-refractivity contribution in [3.8, 4) is 0 Å². The SMILES string of the molecule is CCCCC/C=C\C/C=C\CCCCCCCCCC(=O)OCCCCCCCCCCC/C=C\CCCCCCCC(=O)NC(CO)C(O)/C=C/CCCCCCCCCCCCCCCCCCCCCCCC. The van der Waals surface area contributed by atoms with E-state index >= 15 is 0 Å². The van der Waals surface area contributed by atoms with Gasteiger partial charge in [0.05, 0.1) is 25.4 Å². The lowest BCUT2D eigenvalue weighted by molar-refractivity contribution is -0.143. The van der Waals surface area contributed by atoms with Crippen molar-refractivity contribution < 1.29 is 24.5 Å². The van der Waals surface area contributed by atoms with E-state index in [-0.39, 0.29) is 18.5 Å². The molecule has 6 nitrogen and oxygen atoms in total. The van der Waals surface area contributed by atoms with Gasteiger partial charge in [-0.3, -0.25) is 9.59 Å². The van der Waals surface area contributed by atoms with Gasteiger partial charge in [-0.05, 0) is 89.9 Å². The third-order valence-corrected chi connectivity index (χ3v) is 15.6. The lowest BCUT2D eigenvalue weighted by atomic mass is 10.0. The van der Waals surface area contributed by atoms with Crippen LogP contribution in [-0.2, 0) is 14.3 Å². The number of amides is 1. The van der Waals surface area contributed by atoms with Crippen LogP contribution in [-0.4, -0.2) is 47.4 Å². The van der Waals surface area contributed by atoms with Crippen LogP contribution in [0.1, 0.15) is 361 Å². The van der Waals surface area contributed by atoms with E-state index in [1.165, 1.54) is 263 Å². The van der Waals surface area contributed by atoms with Crippen molar-refractivity contribution >= 4 is 11.9 Å². The second-order valence-corrected chi connectivity index (χ2v) is 23.1. The molecule has 0 aromatic heterocycles. The molecule has 0 aromatic carbocycles. The summed E-state index contributed by atoms with van der Waals surface area (Å²) in [6.45, 7) is 4.88. The van der Waals surface area contributed by atoms with E-state index in [4.69, 9.17) is 4.74 Å². The average molecular weight is 1070 g/mol. The van der Waals surface area contributed by atoms with Crippen molar-refractivity contribution in [1.29, 1.82) is 0 Å². The summed E-state index contributed by atoms with van der Waals surface area (Å²) in [6.07, 6.45) is 84.5. The van der Waals surface area contributed by atoms with Gasteiger partial charge in [-0.2, -0.15) is 0 Å². The first-order chi connectivity index (χ1) is 37.5. The van der Waals surface area contributed by atoms with Crippen molar-refractivity contribution in [2.24, 2.45) is 0 Å². The number of aliphatic hydroxyl groups excluding tert-OH is 2. The maximum absolute atomic E-state index is 12.5. The van der Waals surface area contributed by atoms with Gasteiger partial charge in [-0.15, -0.1) is 0 Å². The maximum Gasteiger partial charge on any atom is 0.305 e. The Hall–Kier alpha value is -2.18. The standard InChI is InChI=1S/C70H131NO5/c1-3-5-7-9-11-13-15-17-19-21-22-23-24-25-26-27-31-34-38-42-46-50-54-58-62-68(73)67(66-72)71-69(74)63-59-55-51-47-43-39-35-32-28-29-33-37-41-45-49-53-57-61-65-76-70(75)64-60-56-52-48-44-40-36-30-20-18-16-14-12-10-8-6-4-2/h12,14,18,20,32,35,58,62,67-68,72-73H,3-11,13,15-17,19,21-31,33-34,36-57,59-61,63-66H2,1-2H3,(H,71,74)/b14-12-,20-18-,35-32-,62-58+. The zero-order valence-corrected chi connectivity index (χ0v) is 51.0. The molecule has 2 atom stereocenters. The van der Waals surface area contributed by atoms with Gasteiger partial charge >= 0.3 is 5.97 Å². The van der Waals surface area contributed by atoms with Crippen LogP contribution in [0.5, 0.6) is 0 Å². The molecule has 0 saturated heterocycles. The summed E-state index contributed by atoms with van der Waals surface area (Å²) in [4.78, 5) is 24.6. The number of hydrogen-bond acceptors (Lipinski definition) is 5. The highest BCUT2D eigenvalue weighted by Gasteiger charge is 2.18. The Morgan fingerprint density at radius 1 is 0.368 bits per heavy atom. The largest absolute Gasteiger partial charge is 0.466 e. The van der Waals surface area contributed by atoms with E-state index < -0.39 is 12.1 Å². The van der Waals surface area contributed by atoms with Gasteiger partial charge in [0.25, 0.3) is 0 Å². The van der Waals surface area contributed by atoms with E-state index in [2.05, 4.69) is 55.6 Å². The van der Waals surface area contributed by atoms with Crippen molar-refractivity contribution in [1.82, 2.24) is 5.32 Å². The number of unbranched alkanes of at least 4 members (excludes halogenated alkanes) is 46. The molecule has 0 heterocycles. The number of esters is 1. The lowest BCUT2D eigenvalue weighted by Crippen LogP contribution is -2.45. The summed E-state index contributed by atoms with van der Waals surface area (Å²) >= 11 is 0. The molecular formula is C70H131NO5. The second-order valence-electron chi connectivity index (χ2n) is 23.1. The number of rotatable bonds is 63. The average Bonchev–Trinajstić information content (AvgIpc) is 3.42. The van der Waals surface area contributed by atoms with Crippen molar-refractivity contribution in [2.75, 3.05) is 13.2 Å². The molecule has 2 unspecified atom stereocenters. The maximum atomic E-state index is 12.5. The monoisotopic (exact) mass is 1070 g/mol. The number of hydrogen-bond donors (Lipinski definition) is 3. The molecule has 0 radical (unpaired) electrons. The number of allylic oxidation sites excluding steroid dienone is 7. The van der Waals surface area contributed by atoms with Gasteiger partial charge in [0.2, 0.25) is 5.91 Å². The number of aliphatic hydroxyl groups is 2. The predicted molar refractivity (Wildman–Crippen MR) is 333 cm³/mol. The fraction of sp³-hybridized carbons (Fsp3) is 0.857. The highest BCUT2D eigenvalue weighted by molar-refractivity contribution is 5.76. The number of carbonyl (C=O) groups is 2. The van der Waals surface area contributed by atoms with Gasteiger partial charge in [0.15, 0.2) is 0 Å². The first-order valence-electron chi connectivity index (χ1n) is 33.9. The third-order valence-electron chi connectivity index (χ3n) is 15.6. The summed E-state index contributed by atoms with van der Waals surface area (Å²) in [5.41, 5.74) is 0. The van der Waals surface area contributed by atoms with Crippen molar-refractivity contribution in [3.05, 3.63) is 48.6 Å². The molecule has 0 aliphatic rings. The predicted octanol–water partition coefficient (Wildman–Crippen LogP) is 21.7. The zero-order valence-electron chi connectivity index (χ0n) is 51.0. The van der Waals surface area contributed by atoms with Crippen LogP contribution < -0.4 is 5.32 Å². The number of nitrogens with one attached hydrogen (secondary N) is 1. The number of ether oxygens (including phenoxy) is 1. The molecular weight excluding hydrogens is 935 g/mol. The molecule has 0 spiro atoms. The minimum Gasteiger partial charge on any atom is -0.466 e. The molecule has 76 heavy (non-hydrogen) atoms. The van der Waals surface area contributed by atoms with E-state index in [1.807, 2.05) is 6.08 Å². The zero-order chi connectivity index (χ0) is 55.0. The van der Waals surface area contributed by atoms with E-state index in [1.54, 1.807) is 6.08 Å². The molecule has 446 valence electrons. The Morgan fingerprint density at radius 3 is 1.04 bits per heavy atom. The first kappa shape index (κ1) is 73.8. The quantitative estimate of drug-likeness (QED) is 0.0320. The molecule has 0 rings (SSSR count). The highest BCUT2D eigenvalue weighted by atomic mass is 16.5. The Labute approximate surface area is 474 Å². The Kier molecular flexibility index (Phi) is 63.5. The normalized spacial score (nSPS) is 12.8. The first-order valence-corrected chi connectivity index (χ1v) is 33.9. The molecule has 0 bridgehead atoms. The third kappa shape index (κ3) is 61.0. The van der Waals surface area contributed by atoms with Crippen molar-refractivity contribution in [2.45, 2.75) is 373 Å². The minimum atomic E-state index is -0.856.